The summed E-state index contributed by atoms with van der Waals surface area (Å²) in [5.41, 5.74) is 1.62. The average Bonchev–Trinajstić information content (AvgIpc) is 2.94. The first-order valence-corrected chi connectivity index (χ1v) is 11.6. The van der Waals surface area contributed by atoms with Gasteiger partial charge in [0.1, 0.15) is 0 Å². The molecule has 1 heterocycles. The molecule has 1 aliphatic heterocycles. The van der Waals surface area contributed by atoms with Crippen molar-refractivity contribution in [2.45, 2.75) is 6.42 Å². The van der Waals surface area contributed by atoms with Crippen LogP contribution >= 0.6 is 43.6 Å². The van der Waals surface area contributed by atoms with Crippen molar-refractivity contribution in [3.8, 4) is 0 Å². The van der Waals surface area contributed by atoms with E-state index in [9.17, 15) is 9.59 Å². The number of carbonyl (C=O) groups excluding carboxylic acids is 2. The summed E-state index contributed by atoms with van der Waals surface area (Å²) < 4.78 is 1.93. The van der Waals surface area contributed by atoms with Gasteiger partial charge >= 0.3 is 0 Å². The number of hydrogen-bond acceptors (Lipinski definition) is 3. The van der Waals surface area contributed by atoms with Crippen LogP contribution in [0.15, 0.2) is 57.5 Å². The molecule has 0 bridgehead atoms. The number of halogens is 2. The van der Waals surface area contributed by atoms with Crippen LogP contribution in [-0.2, 0) is 9.59 Å². The van der Waals surface area contributed by atoms with E-state index in [2.05, 4.69) is 37.2 Å². The molecule has 27 heavy (non-hydrogen) atoms. The second kappa shape index (κ2) is 9.26. The molecular formula is C20H20Br2N2O2S. The molecule has 2 amide bonds. The molecule has 1 N–H and O–H groups in total. The van der Waals surface area contributed by atoms with E-state index in [0.717, 1.165) is 26.1 Å². The summed E-state index contributed by atoms with van der Waals surface area (Å²) in [4.78, 5) is 27.4. The summed E-state index contributed by atoms with van der Waals surface area (Å²) in [6, 6.07) is 15.2. The Hall–Kier alpha value is -1.31. The summed E-state index contributed by atoms with van der Waals surface area (Å²) in [7, 11) is 0. The van der Waals surface area contributed by atoms with Gasteiger partial charge in [-0.2, -0.15) is 11.8 Å². The molecule has 7 heteroatoms. The van der Waals surface area contributed by atoms with Crippen LogP contribution in [0.3, 0.4) is 0 Å². The first kappa shape index (κ1) is 20.4. The molecule has 0 aliphatic carbocycles. The predicted octanol–water partition coefficient (Wildman–Crippen LogP) is 5.18. The highest BCUT2D eigenvalue weighted by Gasteiger charge is 2.41. The van der Waals surface area contributed by atoms with Crippen LogP contribution in [0.1, 0.15) is 6.42 Å². The van der Waals surface area contributed by atoms with Crippen molar-refractivity contribution in [1.29, 1.82) is 0 Å². The van der Waals surface area contributed by atoms with Gasteiger partial charge in [0.05, 0.1) is 5.92 Å². The van der Waals surface area contributed by atoms with Crippen molar-refractivity contribution >= 4 is 66.8 Å². The maximum absolute atomic E-state index is 13.0. The largest absolute Gasteiger partial charge is 0.326 e. The zero-order chi connectivity index (χ0) is 19.4. The van der Waals surface area contributed by atoms with E-state index in [1.54, 1.807) is 11.8 Å². The monoisotopic (exact) mass is 510 g/mol. The Kier molecular flexibility index (Phi) is 7.00. The van der Waals surface area contributed by atoms with Gasteiger partial charge in [-0.1, -0.05) is 31.9 Å². The minimum atomic E-state index is -0.295. The normalized spacial score (nSPS) is 19.4. The molecule has 1 fully saturated rings. The molecule has 0 saturated carbocycles. The lowest BCUT2D eigenvalue weighted by Gasteiger charge is -2.17. The van der Waals surface area contributed by atoms with E-state index >= 15 is 0 Å². The Morgan fingerprint density at radius 2 is 1.70 bits per heavy atom. The molecule has 3 rings (SSSR count). The number of amides is 2. The highest BCUT2D eigenvalue weighted by atomic mass is 79.9. The lowest BCUT2D eigenvalue weighted by molar-refractivity contribution is -0.125. The molecule has 0 radical (unpaired) electrons. The zero-order valence-electron chi connectivity index (χ0n) is 14.8. The minimum absolute atomic E-state index is 0.0299. The topological polar surface area (TPSA) is 49.4 Å². The second-order valence-electron chi connectivity index (χ2n) is 6.51. The fourth-order valence-corrected chi connectivity index (χ4v) is 4.58. The van der Waals surface area contributed by atoms with Crippen LogP contribution in [0, 0.1) is 11.8 Å². The summed E-state index contributed by atoms with van der Waals surface area (Å²) in [6.45, 7) is 0.650. The van der Waals surface area contributed by atoms with Crippen LogP contribution in [0.4, 0.5) is 11.4 Å². The molecular weight excluding hydrogens is 492 g/mol. The third-order valence-corrected chi connectivity index (χ3v) is 6.44. The van der Waals surface area contributed by atoms with E-state index in [1.165, 1.54) is 0 Å². The molecule has 1 aliphatic rings. The Balaban J connectivity index is 1.71. The lowest BCUT2D eigenvalue weighted by atomic mass is 9.93. The molecule has 0 aromatic heterocycles. The standard InChI is InChI=1S/C20H20Br2N2O2S/c1-27-12-13-11-24(17-8-4-15(22)5-9-17)20(26)18(13)10-19(25)23-16-6-2-14(21)3-7-16/h2-9,13,18H,10-12H2,1H3,(H,23,25)/t13-,18-/m1/s1. The molecule has 2 aromatic rings. The smallest absolute Gasteiger partial charge is 0.231 e. The van der Waals surface area contributed by atoms with E-state index < -0.39 is 0 Å². The van der Waals surface area contributed by atoms with Gasteiger partial charge in [-0.25, -0.2) is 0 Å². The highest BCUT2D eigenvalue weighted by molar-refractivity contribution is 9.10. The molecule has 2 atom stereocenters. The van der Waals surface area contributed by atoms with Gasteiger partial charge in [-0.15, -0.1) is 0 Å². The average molecular weight is 512 g/mol. The van der Waals surface area contributed by atoms with Gasteiger partial charge in [-0.05, 0) is 66.5 Å². The third kappa shape index (κ3) is 5.15. The van der Waals surface area contributed by atoms with Gasteiger partial charge in [0.25, 0.3) is 0 Å². The molecule has 4 nitrogen and oxygen atoms in total. The lowest BCUT2D eigenvalue weighted by Crippen LogP contribution is -2.29. The first-order valence-electron chi connectivity index (χ1n) is 8.59. The molecule has 0 spiro atoms. The Labute approximate surface area is 180 Å². The van der Waals surface area contributed by atoms with Gasteiger partial charge < -0.3 is 10.2 Å². The number of rotatable bonds is 6. The number of thioether (sulfide) groups is 1. The van der Waals surface area contributed by atoms with Crippen molar-refractivity contribution in [1.82, 2.24) is 0 Å². The first-order chi connectivity index (χ1) is 13.0. The van der Waals surface area contributed by atoms with E-state index in [4.69, 9.17) is 0 Å². The highest BCUT2D eigenvalue weighted by Crippen LogP contribution is 2.34. The van der Waals surface area contributed by atoms with Gasteiger partial charge in [0.2, 0.25) is 11.8 Å². The summed E-state index contributed by atoms with van der Waals surface area (Å²) in [6.07, 6.45) is 2.23. The summed E-state index contributed by atoms with van der Waals surface area (Å²) in [5.74, 6) is 0.625. The minimum Gasteiger partial charge on any atom is -0.326 e. The van der Waals surface area contributed by atoms with Crippen LogP contribution in [0.5, 0.6) is 0 Å². The molecule has 2 aromatic carbocycles. The molecule has 142 valence electrons. The maximum Gasteiger partial charge on any atom is 0.231 e. The predicted molar refractivity (Wildman–Crippen MR) is 119 cm³/mol. The number of carbonyl (C=O) groups is 2. The van der Waals surface area contributed by atoms with Crippen LogP contribution in [0.25, 0.3) is 0 Å². The third-order valence-electron chi connectivity index (χ3n) is 4.62. The Morgan fingerprint density at radius 1 is 1.11 bits per heavy atom. The number of hydrogen-bond donors (Lipinski definition) is 1. The molecule has 1 saturated heterocycles. The van der Waals surface area contributed by atoms with Gasteiger partial charge in [-0.3, -0.25) is 9.59 Å². The SMILES string of the molecule is CSC[C@H]1CN(c2ccc(Br)cc2)C(=O)[C@@H]1CC(=O)Nc1ccc(Br)cc1. The van der Waals surface area contributed by atoms with Crippen LogP contribution < -0.4 is 10.2 Å². The van der Waals surface area contributed by atoms with Crippen molar-refractivity contribution in [3.63, 3.8) is 0 Å². The number of benzene rings is 2. The van der Waals surface area contributed by atoms with Gasteiger partial charge in [0.15, 0.2) is 0 Å². The van der Waals surface area contributed by atoms with E-state index in [-0.39, 0.29) is 30.1 Å². The number of nitrogens with zero attached hydrogens (tertiary/aromatic N) is 1. The molecule has 0 unspecified atom stereocenters. The fourth-order valence-electron chi connectivity index (χ4n) is 3.29. The maximum atomic E-state index is 13.0. The number of nitrogens with one attached hydrogen (secondary N) is 1. The van der Waals surface area contributed by atoms with Crippen molar-refractivity contribution in [3.05, 3.63) is 57.5 Å². The summed E-state index contributed by atoms with van der Waals surface area (Å²) in [5, 5.41) is 2.90. The van der Waals surface area contributed by atoms with E-state index in [1.807, 2.05) is 59.7 Å². The van der Waals surface area contributed by atoms with Crippen molar-refractivity contribution < 1.29 is 9.59 Å². The van der Waals surface area contributed by atoms with E-state index in [0.29, 0.717) is 6.54 Å². The second-order valence-corrected chi connectivity index (χ2v) is 9.25. The van der Waals surface area contributed by atoms with Crippen molar-refractivity contribution in [2.75, 3.05) is 28.8 Å². The quantitative estimate of drug-likeness (QED) is 0.581. The van der Waals surface area contributed by atoms with Gasteiger partial charge in [0, 0.05) is 33.3 Å². The summed E-state index contributed by atoms with van der Waals surface area (Å²) >= 11 is 8.52. The Morgan fingerprint density at radius 3 is 2.30 bits per heavy atom. The number of anilines is 2. The van der Waals surface area contributed by atoms with Crippen LogP contribution in [-0.4, -0.2) is 30.4 Å². The van der Waals surface area contributed by atoms with Crippen LogP contribution in [0.2, 0.25) is 0 Å². The fraction of sp³-hybridized carbons (Fsp3) is 0.300. The Bertz CT molecular complexity index is 812. The van der Waals surface area contributed by atoms with Crippen molar-refractivity contribution in [2.24, 2.45) is 11.8 Å². The zero-order valence-corrected chi connectivity index (χ0v) is 18.8.